The number of halogens is 1. The van der Waals surface area contributed by atoms with Gasteiger partial charge < -0.3 is 4.74 Å². The van der Waals surface area contributed by atoms with E-state index >= 15 is 0 Å². The first-order valence-electron chi connectivity index (χ1n) is 5.11. The maximum atomic E-state index is 6.06. The van der Waals surface area contributed by atoms with Gasteiger partial charge in [0.2, 0.25) is 0 Å². The van der Waals surface area contributed by atoms with Crippen molar-refractivity contribution in [3.8, 4) is 10.9 Å². The molecule has 0 aliphatic carbocycles. The summed E-state index contributed by atoms with van der Waals surface area (Å²) < 4.78 is 6.70. The Bertz CT molecular complexity index is 651. The van der Waals surface area contributed by atoms with Crippen molar-refractivity contribution in [2.75, 3.05) is 0 Å². The van der Waals surface area contributed by atoms with Crippen LogP contribution in [0.15, 0.2) is 48.5 Å². The molecule has 3 rings (SSSR count). The number of hydrogen-bond acceptors (Lipinski definition) is 3. The first-order chi connectivity index (χ1) is 8.33. The quantitative estimate of drug-likeness (QED) is 0.665. The third-order valence-electron chi connectivity index (χ3n) is 2.30. The van der Waals surface area contributed by atoms with Crippen LogP contribution in [0.4, 0.5) is 0 Å². The van der Waals surface area contributed by atoms with Gasteiger partial charge in [-0.15, -0.1) is 0 Å². The summed E-state index contributed by atoms with van der Waals surface area (Å²) >= 11 is 7.55. The number of para-hydroxylation sites is 2. The van der Waals surface area contributed by atoms with Crippen LogP contribution in [0.2, 0.25) is 5.02 Å². The van der Waals surface area contributed by atoms with Crippen LogP contribution in [0.5, 0.6) is 10.9 Å². The van der Waals surface area contributed by atoms with E-state index in [4.69, 9.17) is 16.3 Å². The maximum Gasteiger partial charge on any atom is 0.279 e. The summed E-state index contributed by atoms with van der Waals surface area (Å²) in [6.45, 7) is 0. The van der Waals surface area contributed by atoms with Crippen molar-refractivity contribution >= 4 is 33.2 Å². The van der Waals surface area contributed by atoms with Gasteiger partial charge in [-0.05, 0) is 24.3 Å². The van der Waals surface area contributed by atoms with Crippen molar-refractivity contribution in [1.82, 2.24) is 4.98 Å². The summed E-state index contributed by atoms with van der Waals surface area (Å²) in [6, 6.07) is 15.3. The number of fused-ring (bicyclic) bond motifs is 1. The highest BCUT2D eigenvalue weighted by Gasteiger charge is 2.08. The van der Waals surface area contributed by atoms with Crippen LogP contribution in [-0.2, 0) is 0 Å². The number of benzene rings is 2. The van der Waals surface area contributed by atoms with Crippen LogP contribution in [0.25, 0.3) is 10.2 Å². The van der Waals surface area contributed by atoms with Gasteiger partial charge in [0.15, 0.2) is 0 Å². The Morgan fingerprint density at radius 3 is 2.59 bits per heavy atom. The Kier molecular flexibility index (Phi) is 2.71. The van der Waals surface area contributed by atoms with E-state index in [0.29, 0.717) is 10.2 Å². The molecule has 0 bridgehead atoms. The van der Waals surface area contributed by atoms with E-state index in [-0.39, 0.29) is 0 Å². The van der Waals surface area contributed by atoms with E-state index in [2.05, 4.69) is 4.98 Å². The van der Waals surface area contributed by atoms with Gasteiger partial charge in [0, 0.05) is 0 Å². The zero-order chi connectivity index (χ0) is 11.7. The molecule has 1 heterocycles. The molecule has 0 unspecified atom stereocenters. The predicted octanol–water partition coefficient (Wildman–Crippen LogP) is 4.74. The first kappa shape index (κ1) is 10.6. The number of hydrogen-bond donors (Lipinski definition) is 0. The Hall–Kier alpha value is -1.58. The van der Waals surface area contributed by atoms with Crippen molar-refractivity contribution in [2.24, 2.45) is 0 Å². The van der Waals surface area contributed by atoms with E-state index < -0.39 is 0 Å². The molecule has 84 valence electrons. The second-order valence-electron chi connectivity index (χ2n) is 3.48. The van der Waals surface area contributed by atoms with Gasteiger partial charge in [-0.1, -0.05) is 47.2 Å². The standard InChI is InChI=1S/C13H8ClNOS/c14-10-7-4-8-11-12(10)15-13(17-11)16-9-5-2-1-3-6-9/h1-8H. The Balaban J connectivity index is 1.99. The van der Waals surface area contributed by atoms with E-state index in [0.717, 1.165) is 16.0 Å². The molecule has 17 heavy (non-hydrogen) atoms. The molecule has 0 atom stereocenters. The zero-order valence-corrected chi connectivity index (χ0v) is 10.3. The zero-order valence-electron chi connectivity index (χ0n) is 8.76. The molecule has 1 aromatic heterocycles. The van der Waals surface area contributed by atoms with Crippen LogP contribution in [0, 0.1) is 0 Å². The average molecular weight is 262 g/mol. The van der Waals surface area contributed by atoms with Crippen molar-refractivity contribution in [2.45, 2.75) is 0 Å². The summed E-state index contributed by atoms with van der Waals surface area (Å²) in [7, 11) is 0. The van der Waals surface area contributed by atoms with Gasteiger partial charge in [0.05, 0.1) is 9.72 Å². The van der Waals surface area contributed by atoms with Crippen LogP contribution < -0.4 is 4.74 Å². The summed E-state index contributed by atoms with van der Waals surface area (Å²) in [5, 5.41) is 1.26. The fourth-order valence-electron chi connectivity index (χ4n) is 1.53. The van der Waals surface area contributed by atoms with E-state index in [9.17, 15) is 0 Å². The largest absolute Gasteiger partial charge is 0.431 e. The molecule has 0 N–H and O–H groups in total. The Labute approximate surface area is 107 Å². The highest BCUT2D eigenvalue weighted by Crippen LogP contribution is 2.34. The smallest absolute Gasteiger partial charge is 0.279 e. The van der Waals surface area contributed by atoms with E-state index in [1.807, 2.05) is 48.5 Å². The number of ether oxygens (including phenoxy) is 1. The van der Waals surface area contributed by atoms with Gasteiger partial charge >= 0.3 is 0 Å². The van der Waals surface area contributed by atoms with Gasteiger partial charge in [0.1, 0.15) is 11.3 Å². The molecule has 0 saturated carbocycles. The lowest BCUT2D eigenvalue weighted by atomic mass is 10.3. The van der Waals surface area contributed by atoms with Crippen molar-refractivity contribution in [3.05, 3.63) is 53.6 Å². The molecule has 2 aromatic carbocycles. The maximum absolute atomic E-state index is 6.06. The van der Waals surface area contributed by atoms with Crippen molar-refractivity contribution in [1.29, 1.82) is 0 Å². The Morgan fingerprint density at radius 1 is 1.00 bits per heavy atom. The number of rotatable bonds is 2. The Morgan fingerprint density at radius 2 is 1.82 bits per heavy atom. The molecule has 3 aromatic rings. The summed E-state index contributed by atoms with van der Waals surface area (Å²) in [5.41, 5.74) is 0.796. The van der Waals surface area contributed by atoms with Gasteiger partial charge in [0.25, 0.3) is 5.19 Å². The number of aromatic nitrogens is 1. The third-order valence-corrected chi connectivity index (χ3v) is 3.50. The SMILES string of the molecule is Clc1cccc2sc(Oc3ccccc3)nc12. The molecule has 0 spiro atoms. The lowest BCUT2D eigenvalue weighted by Crippen LogP contribution is -1.81. The summed E-state index contributed by atoms with van der Waals surface area (Å²) in [4.78, 5) is 4.37. The van der Waals surface area contributed by atoms with Crippen LogP contribution in [-0.4, -0.2) is 4.98 Å². The number of thiazole rings is 1. The minimum atomic E-state index is 0.610. The molecule has 4 heteroatoms. The lowest BCUT2D eigenvalue weighted by Gasteiger charge is -1.98. The molecular formula is C13H8ClNOS. The minimum Gasteiger partial charge on any atom is -0.431 e. The molecule has 0 amide bonds. The average Bonchev–Trinajstić information content (AvgIpc) is 2.74. The minimum absolute atomic E-state index is 0.610. The van der Waals surface area contributed by atoms with Crippen molar-refractivity contribution < 1.29 is 4.74 Å². The summed E-state index contributed by atoms with van der Waals surface area (Å²) in [6.07, 6.45) is 0. The lowest BCUT2D eigenvalue weighted by molar-refractivity contribution is 0.480. The van der Waals surface area contributed by atoms with Gasteiger partial charge in [-0.25, -0.2) is 4.98 Å². The fraction of sp³-hybridized carbons (Fsp3) is 0. The second kappa shape index (κ2) is 4.35. The van der Waals surface area contributed by atoms with Gasteiger partial charge in [-0.3, -0.25) is 0 Å². The normalized spacial score (nSPS) is 10.6. The number of nitrogens with zero attached hydrogens (tertiary/aromatic N) is 1. The predicted molar refractivity (Wildman–Crippen MR) is 71.1 cm³/mol. The van der Waals surface area contributed by atoms with Crippen LogP contribution in [0.1, 0.15) is 0 Å². The monoisotopic (exact) mass is 261 g/mol. The van der Waals surface area contributed by atoms with Gasteiger partial charge in [-0.2, -0.15) is 0 Å². The second-order valence-corrected chi connectivity index (χ2v) is 4.88. The molecule has 0 saturated heterocycles. The third kappa shape index (κ3) is 2.12. The summed E-state index contributed by atoms with van der Waals surface area (Å²) in [5.74, 6) is 0.780. The van der Waals surface area contributed by atoms with Crippen LogP contribution >= 0.6 is 22.9 Å². The topological polar surface area (TPSA) is 22.1 Å². The molecular weight excluding hydrogens is 254 g/mol. The van der Waals surface area contributed by atoms with E-state index in [1.165, 1.54) is 11.3 Å². The molecule has 0 aliphatic heterocycles. The first-order valence-corrected chi connectivity index (χ1v) is 6.30. The molecule has 0 radical (unpaired) electrons. The van der Waals surface area contributed by atoms with Crippen LogP contribution in [0.3, 0.4) is 0 Å². The highest BCUT2D eigenvalue weighted by atomic mass is 35.5. The van der Waals surface area contributed by atoms with Crippen molar-refractivity contribution in [3.63, 3.8) is 0 Å². The van der Waals surface area contributed by atoms with E-state index in [1.54, 1.807) is 0 Å². The molecule has 0 fully saturated rings. The molecule has 2 nitrogen and oxygen atoms in total. The molecule has 0 aliphatic rings. The highest BCUT2D eigenvalue weighted by molar-refractivity contribution is 7.20. The fourth-order valence-corrected chi connectivity index (χ4v) is 2.66.